The average Bonchev–Trinajstić information content (AvgIpc) is 3.44. The second-order valence-corrected chi connectivity index (χ2v) is 8.10. The Morgan fingerprint density at radius 2 is 2.00 bits per heavy atom. The lowest BCUT2D eigenvalue weighted by Gasteiger charge is -2.06. The van der Waals surface area contributed by atoms with Crippen molar-refractivity contribution in [3.63, 3.8) is 0 Å². The zero-order valence-electron chi connectivity index (χ0n) is 16.1. The Balaban J connectivity index is 1.47. The highest BCUT2D eigenvalue weighted by atomic mass is 32.2. The highest BCUT2D eigenvalue weighted by Gasteiger charge is 2.17. The Labute approximate surface area is 173 Å². The number of aromatic nitrogens is 4. The van der Waals surface area contributed by atoms with Crippen LogP contribution in [0, 0.1) is 0 Å². The molecule has 0 radical (unpaired) electrons. The van der Waals surface area contributed by atoms with Crippen LogP contribution in [0.25, 0.3) is 11.4 Å². The third-order valence-corrected chi connectivity index (χ3v) is 5.69. The first-order valence-electron chi connectivity index (χ1n) is 9.20. The van der Waals surface area contributed by atoms with Crippen molar-refractivity contribution >= 4 is 15.7 Å². The van der Waals surface area contributed by atoms with Gasteiger partial charge in [0.15, 0.2) is 6.61 Å². The molecule has 10 heteroatoms. The van der Waals surface area contributed by atoms with Gasteiger partial charge in [-0.15, -0.1) is 0 Å². The van der Waals surface area contributed by atoms with Crippen molar-refractivity contribution in [1.82, 2.24) is 20.3 Å². The van der Waals surface area contributed by atoms with E-state index in [1.165, 1.54) is 30.1 Å². The summed E-state index contributed by atoms with van der Waals surface area (Å²) in [7, 11) is -3.78. The zero-order chi connectivity index (χ0) is 21.0. The first-order valence-corrected chi connectivity index (χ1v) is 10.7. The van der Waals surface area contributed by atoms with Gasteiger partial charge >= 0.3 is 0 Å². The SMILES string of the molecule is CCc1ccc(OCc2nc(-c3cccc(S(=O)(=O)Nc4cn[nH]c4)c3)no2)cc1. The van der Waals surface area contributed by atoms with Crippen LogP contribution in [-0.2, 0) is 23.1 Å². The second kappa shape index (κ2) is 8.37. The van der Waals surface area contributed by atoms with E-state index in [1.54, 1.807) is 12.1 Å². The third kappa shape index (κ3) is 4.49. The fourth-order valence-electron chi connectivity index (χ4n) is 2.72. The molecule has 154 valence electrons. The van der Waals surface area contributed by atoms with Crippen LogP contribution in [-0.4, -0.2) is 28.8 Å². The lowest BCUT2D eigenvalue weighted by molar-refractivity contribution is 0.243. The van der Waals surface area contributed by atoms with E-state index in [1.807, 2.05) is 24.3 Å². The summed E-state index contributed by atoms with van der Waals surface area (Å²) >= 11 is 0. The van der Waals surface area contributed by atoms with E-state index in [-0.39, 0.29) is 23.2 Å². The molecule has 0 atom stereocenters. The first kappa shape index (κ1) is 19.6. The highest BCUT2D eigenvalue weighted by Crippen LogP contribution is 2.22. The van der Waals surface area contributed by atoms with Gasteiger partial charge in [-0.3, -0.25) is 9.82 Å². The van der Waals surface area contributed by atoms with Crippen LogP contribution in [0.15, 0.2) is 70.3 Å². The number of hydrogen-bond acceptors (Lipinski definition) is 7. The van der Waals surface area contributed by atoms with E-state index in [4.69, 9.17) is 9.26 Å². The largest absolute Gasteiger partial charge is 0.484 e. The Morgan fingerprint density at radius 1 is 1.17 bits per heavy atom. The lowest BCUT2D eigenvalue weighted by Crippen LogP contribution is -2.12. The molecule has 0 unspecified atom stereocenters. The number of rotatable bonds is 8. The Hall–Kier alpha value is -3.66. The molecule has 0 spiro atoms. The quantitative estimate of drug-likeness (QED) is 0.443. The van der Waals surface area contributed by atoms with E-state index in [9.17, 15) is 8.42 Å². The summed E-state index contributed by atoms with van der Waals surface area (Å²) in [6.45, 7) is 2.20. The fourth-order valence-corrected chi connectivity index (χ4v) is 3.80. The summed E-state index contributed by atoms with van der Waals surface area (Å²) in [6, 6.07) is 14.0. The van der Waals surface area contributed by atoms with E-state index >= 15 is 0 Å². The normalized spacial score (nSPS) is 11.4. The number of H-pyrrole nitrogens is 1. The number of nitrogens with zero attached hydrogens (tertiary/aromatic N) is 3. The summed E-state index contributed by atoms with van der Waals surface area (Å²) in [5.41, 5.74) is 2.07. The number of benzene rings is 2. The third-order valence-electron chi connectivity index (χ3n) is 4.31. The predicted molar refractivity (Wildman–Crippen MR) is 109 cm³/mol. The Bertz CT molecular complexity index is 1220. The van der Waals surface area contributed by atoms with Gasteiger partial charge in [-0.2, -0.15) is 10.1 Å². The number of nitrogens with one attached hydrogen (secondary N) is 2. The number of sulfonamides is 1. The maximum Gasteiger partial charge on any atom is 0.264 e. The smallest absolute Gasteiger partial charge is 0.264 e. The number of hydrogen-bond donors (Lipinski definition) is 2. The maximum absolute atomic E-state index is 12.6. The van der Waals surface area contributed by atoms with Crippen LogP contribution < -0.4 is 9.46 Å². The average molecular weight is 425 g/mol. The summed E-state index contributed by atoms with van der Waals surface area (Å²) in [5.74, 6) is 1.26. The molecule has 2 aromatic heterocycles. The minimum atomic E-state index is -3.78. The summed E-state index contributed by atoms with van der Waals surface area (Å²) < 4.78 is 38.5. The van der Waals surface area contributed by atoms with Gasteiger partial charge < -0.3 is 9.26 Å². The minimum Gasteiger partial charge on any atom is -0.484 e. The van der Waals surface area contributed by atoms with Gasteiger partial charge in [0.2, 0.25) is 5.82 Å². The summed E-state index contributed by atoms with van der Waals surface area (Å²) in [5, 5.41) is 10.2. The first-order chi connectivity index (χ1) is 14.5. The standard InChI is InChI=1S/C20H19N5O4S/c1-2-14-6-8-17(9-7-14)28-13-19-23-20(24-29-19)15-4-3-5-18(10-15)30(26,27)25-16-11-21-22-12-16/h3-12,25H,2,13H2,1H3,(H,21,22). The van der Waals surface area contributed by atoms with E-state index in [0.29, 0.717) is 17.0 Å². The minimum absolute atomic E-state index is 0.0693. The second-order valence-electron chi connectivity index (χ2n) is 6.42. The monoisotopic (exact) mass is 425 g/mol. The van der Waals surface area contributed by atoms with E-state index < -0.39 is 10.0 Å². The van der Waals surface area contributed by atoms with Crippen molar-refractivity contribution in [2.75, 3.05) is 4.72 Å². The highest BCUT2D eigenvalue weighted by molar-refractivity contribution is 7.92. The molecule has 2 N–H and O–H groups in total. The number of aryl methyl sites for hydroxylation is 1. The van der Waals surface area contributed by atoms with E-state index in [2.05, 4.69) is 32.0 Å². The Kier molecular flexibility index (Phi) is 5.48. The molecule has 0 fully saturated rings. The van der Waals surface area contributed by atoms with Crippen LogP contribution in [0.5, 0.6) is 5.75 Å². The van der Waals surface area contributed by atoms with Crippen molar-refractivity contribution < 1.29 is 17.7 Å². The molecule has 0 saturated carbocycles. The molecule has 30 heavy (non-hydrogen) atoms. The topological polar surface area (TPSA) is 123 Å². The van der Waals surface area contributed by atoms with Crippen molar-refractivity contribution in [2.24, 2.45) is 0 Å². The molecule has 0 aliphatic carbocycles. The molecule has 0 aliphatic heterocycles. The Morgan fingerprint density at radius 3 is 2.73 bits per heavy atom. The molecule has 0 saturated heterocycles. The molecule has 2 heterocycles. The van der Waals surface area contributed by atoms with Gasteiger partial charge in [-0.25, -0.2) is 8.42 Å². The predicted octanol–water partition coefficient (Wildman–Crippen LogP) is 3.40. The van der Waals surface area contributed by atoms with Crippen molar-refractivity contribution in [3.05, 3.63) is 72.4 Å². The van der Waals surface area contributed by atoms with Gasteiger partial charge in [-0.05, 0) is 36.2 Å². The molecule has 0 amide bonds. The van der Waals surface area contributed by atoms with Gasteiger partial charge in [0.1, 0.15) is 5.75 Å². The van der Waals surface area contributed by atoms with Crippen molar-refractivity contribution in [2.45, 2.75) is 24.8 Å². The zero-order valence-corrected chi connectivity index (χ0v) is 16.9. The molecule has 4 rings (SSSR count). The maximum atomic E-state index is 12.6. The van der Waals surface area contributed by atoms with Crippen LogP contribution >= 0.6 is 0 Å². The molecule has 4 aromatic rings. The molecular formula is C20H19N5O4S. The number of anilines is 1. The molecule has 0 bridgehead atoms. The molecule has 9 nitrogen and oxygen atoms in total. The van der Waals surface area contributed by atoms with E-state index in [0.717, 1.165) is 6.42 Å². The number of aromatic amines is 1. The fraction of sp³-hybridized carbons (Fsp3) is 0.150. The molecule has 2 aromatic carbocycles. The van der Waals surface area contributed by atoms with Gasteiger partial charge in [0.05, 0.1) is 16.8 Å². The lowest BCUT2D eigenvalue weighted by atomic mass is 10.2. The van der Waals surface area contributed by atoms with Gasteiger partial charge in [-0.1, -0.05) is 36.3 Å². The number of ether oxygens (including phenoxy) is 1. The molecular weight excluding hydrogens is 406 g/mol. The van der Waals surface area contributed by atoms with Gasteiger partial charge in [0.25, 0.3) is 15.9 Å². The van der Waals surface area contributed by atoms with Crippen molar-refractivity contribution in [3.8, 4) is 17.1 Å². The van der Waals surface area contributed by atoms with Crippen molar-refractivity contribution in [1.29, 1.82) is 0 Å². The van der Waals surface area contributed by atoms with Gasteiger partial charge in [0, 0.05) is 11.8 Å². The molecule has 0 aliphatic rings. The van der Waals surface area contributed by atoms with Crippen LogP contribution in [0.1, 0.15) is 18.4 Å². The van der Waals surface area contributed by atoms with Crippen LogP contribution in [0.3, 0.4) is 0 Å². The van der Waals surface area contributed by atoms with Crippen LogP contribution in [0.2, 0.25) is 0 Å². The summed E-state index contributed by atoms with van der Waals surface area (Å²) in [4.78, 5) is 4.36. The van der Waals surface area contributed by atoms with Crippen LogP contribution in [0.4, 0.5) is 5.69 Å². The summed E-state index contributed by atoms with van der Waals surface area (Å²) in [6.07, 6.45) is 3.78.